The number of aliphatic hydroxyl groups is 1. The number of hydrogen-bond donors (Lipinski definition) is 2. The summed E-state index contributed by atoms with van der Waals surface area (Å²) in [7, 11) is 0. The van der Waals surface area contributed by atoms with Gasteiger partial charge in [-0.05, 0) is 19.3 Å². The Morgan fingerprint density at radius 3 is 2.73 bits per heavy atom. The van der Waals surface area contributed by atoms with Crippen molar-refractivity contribution in [2.24, 2.45) is 0 Å². The van der Waals surface area contributed by atoms with Gasteiger partial charge in [-0.25, -0.2) is 4.98 Å². The standard InChI is InChI=1S/C21H29NO3S/c1-5-6-7-8-11-17-15-26-20(22-17)21(3,4)18(23)12-9-10-16(2)13-14-19(24)25/h5,7-10,15,18,23H,1-2,6,11-14H2,3-4H3,(H,24,25)/b8-7+,10-9-. The zero-order chi connectivity index (χ0) is 19.6. The van der Waals surface area contributed by atoms with Crippen molar-refractivity contribution in [3.05, 3.63) is 65.2 Å². The first kappa shape index (κ1) is 22.1. The molecule has 1 heterocycles. The Morgan fingerprint density at radius 2 is 2.08 bits per heavy atom. The molecule has 142 valence electrons. The Bertz CT molecular complexity index is 671. The second-order valence-corrected chi connectivity index (χ2v) is 7.63. The van der Waals surface area contributed by atoms with E-state index in [0.29, 0.717) is 12.8 Å². The van der Waals surface area contributed by atoms with Gasteiger partial charge in [0.05, 0.1) is 11.8 Å². The monoisotopic (exact) mass is 375 g/mol. The summed E-state index contributed by atoms with van der Waals surface area (Å²) in [6.45, 7) is 11.5. The fraction of sp³-hybridized carbons (Fsp3) is 0.429. The molecule has 0 saturated heterocycles. The fourth-order valence-electron chi connectivity index (χ4n) is 2.24. The lowest BCUT2D eigenvalue weighted by atomic mass is 9.85. The van der Waals surface area contributed by atoms with Crippen LogP contribution in [-0.2, 0) is 16.6 Å². The molecule has 1 aromatic rings. The van der Waals surface area contributed by atoms with Gasteiger partial charge in [-0.3, -0.25) is 4.79 Å². The van der Waals surface area contributed by atoms with Crippen molar-refractivity contribution in [3.8, 4) is 0 Å². The van der Waals surface area contributed by atoms with E-state index in [2.05, 4.69) is 30.3 Å². The predicted molar refractivity (Wildman–Crippen MR) is 109 cm³/mol. The summed E-state index contributed by atoms with van der Waals surface area (Å²) in [5, 5.41) is 22.2. The third kappa shape index (κ3) is 7.50. The zero-order valence-corrected chi connectivity index (χ0v) is 16.5. The van der Waals surface area contributed by atoms with Gasteiger partial charge in [0.2, 0.25) is 0 Å². The van der Waals surface area contributed by atoms with Gasteiger partial charge in [0.25, 0.3) is 0 Å². The molecule has 0 aliphatic rings. The van der Waals surface area contributed by atoms with Gasteiger partial charge in [-0.2, -0.15) is 0 Å². The molecule has 1 rings (SSSR count). The van der Waals surface area contributed by atoms with Crippen LogP contribution >= 0.6 is 11.3 Å². The van der Waals surface area contributed by atoms with E-state index in [0.717, 1.165) is 29.1 Å². The maximum absolute atomic E-state index is 10.6. The highest BCUT2D eigenvalue weighted by Gasteiger charge is 2.32. The van der Waals surface area contributed by atoms with Crippen LogP contribution in [-0.4, -0.2) is 27.3 Å². The summed E-state index contributed by atoms with van der Waals surface area (Å²) < 4.78 is 0. The molecule has 0 fully saturated rings. The van der Waals surface area contributed by atoms with Crippen LogP contribution in [0.3, 0.4) is 0 Å². The number of carboxylic acid groups (broad SMARTS) is 1. The molecule has 2 N–H and O–H groups in total. The van der Waals surface area contributed by atoms with Crippen LogP contribution in [0.4, 0.5) is 0 Å². The molecule has 1 unspecified atom stereocenters. The maximum Gasteiger partial charge on any atom is 0.303 e. The normalized spacial score (nSPS) is 13.3. The third-order valence-electron chi connectivity index (χ3n) is 4.11. The molecule has 26 heavy (non-hydrogen) atoms. The van der Waals surface area contributed by atoms with Crippen molar-refractivity contribution >= 4 is 17.3 Å². The molecule has 0 bridgehead atoms. The molecule has 0 saturated carbocycles. The number of allylic oxidation sites excluding steroid dienone is 5. The SMILES string of the molecule is C=CC/C=C/Cc1csc(C(C)(C)C(O)C/C=C\C(=C)CCC(=O)O)n1. The average Bonchev–Trinajstić information content (AvgIpc) is 3.06. The van der Waals surface area contributed by atoms with Gasteiger partial charge < -0.3 is 10.2 Å². The molecule has 0 aliphatic heterocycles. The van der Waals surface area contributed by atoms with E-state index in [4.69, 9.17) is 5.11 Å². The minimum Gasteiger partial charge on any atom is -0.481 e. The van der Waals surface area contributed by atoms with Gasteiger partial charge >= 0.3 is 5.97 Å². The minimum atomic E-state index is -0.834. The van der Waals surface area contributed by atoms with E-state index < -0.39 is 17.5 Å². The number of aliphatic hydroxyl groups excluding tert-OH is 1. The highest BCUT2D eigenvalue weighted by Crippen LogP contribution is 2.31. The summed E-state index contributed by atoms with van der Waals surface area (Å²) in [4.78, 5) is 15.2. The number of aromatic nitrogens is 1. The highest BCUT2D eigenvalue weighted by atomic mass is 32.1. The highest BCUT2D eigenvalue weighted by molar-refractivity contribution is 7.09. The van der Waals surface area contributed by atoms with Crippen molar-refractivity contribution in [3.63, 3.8) is 0 Å². The molecule has 1 atom stereocenters. The number of carbonyl (C=O) groups is 1. The average molecular weight is 376 g/mol. The topological polar surface area (TPSA) is 70.4 Å². The fourth-order valence-corrected chi connectivity index (χ4v) is 3.25. The Morgan fingerprint density at radius 1 is 1.35 bits per heavy atom. The second-order valence-electron chi connectivity index (χ2n) is 6.77. The van der Waals surface area contributed by atoms with Gasteiger partial charge in [-0.1, -0.05) is 56.4 Å². The molecule has 5 heteroatoms. The van der Waals surface area contributed by atoms with Gasteiger partial charge in [0, 0.05) is 23.6 Å². The van der Waals surface area contributed by atoms with E-state index in [1.54, 1.807) is 17.4 Å². The first-order valence-corrected chi connectivity index (χ1v) is 9.60. The van der Waals surface area contributed by atoms with E-state index >= 15 is 0 Å². The number of rotatable bonds is 12. The Hall–Kier alpha value is -1.98. The van der Waals surface area contributed by atoms with E-state index in [9.17, 15) is 9.90 Å². The third-order valence-corrected chi connectivity index (χ3v) is 5.34. The van der Waals surface area contributed by atoms with Gasteiger partial charge in [0.1, 0.15) is 5.01 Å². The Balaban J connectivity index is 2.60. The number of carboxylic acids is 1. The number of hydrogen-bond acceptors (Lipinski definition) is 4. The van der Waals surface area contributed by atoms with Crippen LogP contribution in [0.25, 0.3) is 0 Å². The molecule has 1 aromatic heterocycles. The van der Waals surface area contributed by atoms with Crippen molar-refractivity contribution in [2.75, 3.05) is 0 Å². The van der Waals surface area contributed by atoms with Crippen LogP contribution in [0.5, 0.6) is 0 Å². The van der Waals surface area contributed by atoms with Gasteiger partial charge in [-0.15, -0.1) is 17.9 Å². The van der Waals surface area contributed by atoms with Gasteiger partial charge in [0.15, 0.2) is 0 Å². The Labute approximate surface area is 160 Å². The summed E-state index contributed by atoms with van der Waals surface area (Å²) in [5.41, 5.74) is 1.30. The van der Waals surface area contributed by atoms with Crippen molar-refractivity contribution in [1.29, 1.82) is 0 Å². The summed E-state index contributed by atoms with van der Waals surface area (Å²) in [6, 6.07) is 0. The van der Waals surface area contributed by atoms with E-state index in [1.807, 2.05) is 31.4 Å². The van der Waals surface area contributed by atoms with Crippen LogP contribution in [0.2, 0.25) is 0 Å². The van der Waals surface area contributed by atoms with Crippen LogP contribution < -0.4 is 0 Å². The van der Waals surface area contributed by atoms with E-state index in [-0.39, 0.29) is 6.42 Å². The van der Waals surface area contributed by atoms with Crippen LogP contribution in [0, 0.1) is 0 Å². The lowest BCUT2D eigenvalue weighted by Crippen LogP contribution is -2.33. The maximum atomic E-state index is 10.6. The smallest absolute Gasteiger partial charge is 0.303 e. The van der Waals surface area contributed by atoms with Crippen molar-refractivity contribution in [2.45, 2.75) is 57.5 Å². The van der Waals surface area contributed by atoms with Crippen molar-refractivity contribution in [1.82, 2.24) is 4.98 Å². The summed E-state index contributed by atoms with van der Waals surface area (Å²) in [5.74, 6) is -0.834. The number of nitrogens with zero attached hydrogens (tertiary/aromatic N) is 1. The molecule has 0 aromatic carbocycles. The lowest BCUT2D eigenvalue weighted by Gasteiger charge is -2.27. The van der Waals surface area contributed by atoms with E-state index in [1.165, 1.54) is 0 Å². The molecular formula is C21H29NO3S. The second kappa shape index (κ2) is 10.9. The molecule has 0 radical (unpaired) electrons. The predicted octanol–water partition coefficient (Wildman–Crippen LogP) is 4.82. The van der Waals surface area contributed by atoms with Crippen molar-refractivity contribution < 1.29 is 15.0 Å². The molecule has 0 amide bonds. The molecule has 4 nitrogen and oxygen atoms in total. The zero-order valence-electron chi connectivity index (χ0n) is 15.6. The summed E-state index contributed by atoms with van der Waals surface area (Å²) in [6.07, 6.45) is 11.6. The first-order valence-electron chi connectivity index (χ1n) is 8.72. The number of thiazole rings is 1. The minimum absolute atomic E-state index is 0.0698. The molecule has 0 spiro atoms. The lowest BCUT2D eigenvalue weighted by molar-refractivity contribution is -0.136. The first-order chi connectivity index (χ1) is 12.3. The number of aliphatic carboxylic acids is 1. The molecular weight excluding hydrogens is 346 g/mol. The van der Waals surface area contributed by atoms with Crippen LogP contribution in [0.1, 0.15) is 50.2 Å². The van der Waals surface area contributed by atoms with Crippen LogP contribution in [0.15, 0.2) is 54.5 Å². The largest absolute Gasteiger partial charge is 0.481 e. The molecule has 0 aliphatic carbocycles. The Kier molecular flexibility index (Phi) is 9.24. The summed E-state index contributed by atoms with van der Waals surface area (Å²) >= 11 is 1.57. The quantitative estimate of drug-likeness (QED) is 0.406.